The lowest BCUT2D eigenvalue weighted by atomic mass is 10.1. The van der Waals surface area contributed by atoms with Gasteiger partial charge in [0.05, 0.1) is 14.5 Å². The highest BCUT2D eigenvalue weighted by atomic mass is 79.9. The second-order valence-electron chi connectivity index (χ2n) is 4.07. The van der Waals surface area contributed by atoms with Gasteiger partial charge in [-0.05, 0) is 53.5 Å². The minimum absolute atomic E-state index is 0.645. The zero-order chi connectivity index (χ0) is 12.4. The molecule has 0 saturated heterocycles. The van der Waals surface area contributed by atoms with Gasteiger partial charge in [-0.1, -0.05) is 12.1 Å². The Kier molecular flexibility index (Phi) is 3.97. The predicted molar refractivity (Wildman–Crippen MR) is 77.5 cm³/mol. The van der Waals surface area contributed by atoms with E-state index in [9.17, 15) is 0 Å². The highest BCUT2D eigenvalue weighted by Crippen LogP contribution is 2.33. The van der Waals surface area contributed by atoms with E-state index in [2.05, 4.69) is 53.0 Å². The Balaban J connectivity index is 2.41. The summed E-state index contributed by atoms with van der Waals surface area (Å²) in [5, 5.41) is 1.09. The fourth-order valence-corrected chi connectivity index (χ4v) is 3.34. The third-order valence-corrected chi connectivity index (χ3v) is 4.53. The van der Waals surface area contributed by atoms with Gasteiger partial charge in [-0.15, -0.1) is 11.3 Å². The Morgan fingerprint density at radius 3 is 2.71 bits per heavy atom. The summed E-state index contributed by atoms with van der Waals surface area (Å²) in [5.41, 5.74) is 10.4. The first kappa shape index (κ1) is 12.7. The molecular weight excluding hydrogens is 296 g/mol. The summed E-state index contributed by atoms with van der Waals surface area (Å²) in [7, 11) is 0. The molecule has 90 valence electrons. The standard InChI is InChI=1S/C13H15BrN2S/c1-8-3-4-10(7-9(8)2)12-13(14)17-11(16-12)5-6-15/h3-4,7H,5-6,15H2,1-2H3. The van der Waals surface area contributed by atoms with Crippen LogP contribution in [0.4, 0.5) is 0 Å². The van der Waals surface area contributed by atoms with Gasteiger partial charge in [0.15, 0.2) is 0 Å². The molecule has 0 aliphatic rings. The van der Waals surface area contributed by atoms with Gasteiger partial charge in [0, 0.05) is 12.0 Å². The molecule has 0 aliphatic carbocycles. The van der Waals surface area contributed by atoms with E-state index in [0.717, 1.165) is 20.9 Å². The SMILES string of the molecule is Cc1ccc(-c2nc(CCN)sc2Br)cc1C. The summed E-state index contributed by atoms with van der Waals surface area (Å²) in [5.74, 6) is 0. The third kappa shape index (κ3) is 2.76. The van der Waals surface area contributed by atoms with E-state index in [4.69, 9.17) is 5.73 Å². The molecule has 0 saturated carbocycles. The van der Waals surface area contributed by atoms with Crippen LogP contribution >= 0.6 is 27.3 Å². The molecule has 0 fully saturated rings. The molecule has 0 atom stereocenters. The van der Waals surface area contributed by atoms with Crippen LogP contribution in [0.5, 0.6) is 0 Å². The maximum absolute atomic E-state index is 5.55. The van der Waals surface area contributed by atoms with Crippen molar-refractivity contribution in [3.05, 3.63) is 38.1 Å². The van der Waals surface area contributed by atoms with E-state index in [1.807, 2.05) is 0 Å². The first-order valence-corrected chi connectivity index (χ1v) is 7.15. The van der Waals surface area contributed by atoms with Crippen molar-refractivity contribution in [2.75, 3.05) is 6.54 Å². The minimum Gasteiger partial charge on any atom is -0.330 e. The topological polar surface area (TPSA) is 38.9 Å². The average molecular weight is 311 g/mol. The molecular formula is C13H15BrN2S. The molecule has 1 aromatic carbocycles. The third-order valence-electron chi connectivity index (χ3n) is 2.77. The quantitative estimate of drug-likeness (QED) is 0.939. The lowest BCUT2D eigenvalue weighted by Crippen LogP contribution is -2.01. The maximum atomic E-state index is 5.55. The van der Waals surface area contributed by atoms with Crippen molar-refractivity contribution < 1.29 is 0 Å². The van der Waals surface area contributed by atoms with Crippen molar-refractivity contribution in [2.45, 2.75) is 20.3 Å². The van der Waals surface area contributed by atoms with E-state index in [1.165, 1.54) is 16.7 Å². The fourth-order valence-electron chi connectivity index (χ4n) is 1.64. The molecule has 2 nitrogen and oxygen atoms in total. The highest BCUT2D eigenvalue weighted by Gasteiger charge is 2.11. The van der Waals surface area contributed by atoms with Gasteiger partial charge in [0.1, 0.15) is 0 Å². The number of aryl methyl sites for hydroxylation is 2. The van der Waals surface area contributed by atoms with Crippen LogP contribution in [-0.2, 0) is 6.42 Å². The molecule has 0 radical (unpaired) electrons. The highest BCUT2D eigenvalue weighted by molar-refractivity contribution is 9.11. The minimum atomic E-state index is 0.645. The first-order chi connectivity index (χ1) is 8.11. The second-order valence-corrected chi connectivity index (χ2v) is 6.47. The van der Waals surface area contributed by atoms with E-state index in [0.29, 0.717) is 6.54 Å². The summed E-state index contributed by atoms with van der Waals surface area (Å²) in [4.78, 5) is 4.63. The van der Waals surface area contributed by atoms with E-state index < -0.39 is 0 Å². The van der Waals surface area contributed by atoms with Crippen LogP contribution in [0.2, 0.25) is 0 Å². The summed E-state index contributed by atoms with van der Waals surface area (Å²) in [6.07, 6.45) is 0.841. The average Bonchev–Trinajstić information content (AvgIpc) is 2.64. The Hall–Kier alpha value is -0.710. The van der Waals surface area contributed by atoms with Crippen LogP contribution in [0.1, 0.15) is 16.1 Å². The molecule has 0 unspecified atom stereocenters. The number of aromatic nitrogens is 1. The molecule has 0 aliphatic heterocycles. The molecule has 17 heavy (non-hydrogen) atoms. The molecule has 4 heteroatoms. The molecule has 0 amide bonds. The van der Waals surface area contributed by atoms with Gasteiger partial charge in [0.2, 0.25) is 0 Å². The maximum Gasteiger partial charge on any atom is 0.0979 e. The lowest BCUT2D eigenvalue weighted by molar-refractivity contribution is 0.954. The van der Waals surface area contributed by atoms with Crippen LogP contribution in [0.3, 0.4) is 0 Å². The van der Waals surface area contributed by atoms with E-state index >= 15 is 0 Å². The van der Waals surface area contributed by atoms with Crippen molar-refractivity contribution in [1.82, 2.24) is 4.98 Å². The zero-order valence-electron chi connectivity index (χ0n) is 9.96. The fraction of sp³-hybridized carbons (Fsp3) is 0.308. The van der Waals surface area contributed by atoms with E-state index in [-0.39, 0.29) is 0 Å². The van der Waals surface area contributed by atoms with Crippen LogP contribution in [0, 0.1) is 13.8 Å². The van der Waals surface area contributed by atoms with Crippen LogP contribution in [0.25, 0.3) is 11.3 Å². The lowest BCUT2D eigenvalue weighted by Gasteiger charge is -2.03. The molecule has 0 bridgehead atoms. The Bertz CT molecular complexity index is 534. The number of hydrogen-bond donors (Lipinski definition) is 1. The van der Waals surface area contributed by atoms with Gasteiger partial charge in [0.25, 0.3) is 0 Å². The van der Waals surface area contributed by atoms with Gasteiger partial charge in [-0.3, -0.25) is 0 Å². The van der Waals surface area contributed by atoms with Crippen LogP contribution in [-0.4, -0.2) is 11.5 Å². The molecule has 1 aromatic heterocycles. The van der Waals surface area contributed by atoms with Crippen molar-refractivity contribution in [3.63, 3.8) is 0 Å². The summed E-state index contributed by atoms with van der Waals surface area (Å²) >= 11 is 5.25. The molecule has 2 rings (SSSR count). The number of halogens is 1. The smallest absolute Gasteiger partial charge is 0.0979 e. The van der Waals surface area contributed by atoms with E-state index in [1.54, 1.807) is 11.3 Å². The Labute approximate surface area is 114 Å². The van der Waals surface area contributed by atoms with Gasteiger partial charge >= 0.3 is 0 Å². The van der Waals surface area contributed by atoms with Crippen LogP contribution < -0.4 is 5.73 Å². The first-order valence-electron chi connectivity index (χ1n) is 5.54. The predicted octanol–water partition coefficient (Wildman–Crippen LogP) is 3.69. The summed E-state index contributed by atoms with van der Waals surface area (Å²) < 4.78 is 1.09. The number of nitrogens with two attached hydrogens (primary N) is 1. The summed E-state index contributed by atoms with van der Waals surface area (Å²) in [6, 6.07) is 6.44. The summed E-state index contributed by atoms with van der Waals surface area (Å²) in [6.45, 7) is 4.89. The second kappa shape index (κ2) is 5.29. The number of benzene rings is 1. The normalized spacial score (nSPS) is 10.8. The van der Waals surface area contributed by atoms with Gasteiger partial charge in [-0.25, -0.2) is 4.98 Å². The number of hydrogen-bond acceptors (Lipinski definition) is 3. The molecule has 1 heterocycles. The van der Waals surface area contributed by atoms with Crippen LogP contribution in [0.15, 0.2) is 22.0 Å². The molecule has 2 aromatic rings. The number of nitrogens with zero attached hydrogens (tertiary/aromatic N) is 1. The zero-order valence-corrected chi connectivity index (χ0v) is 12.4. The molecule has 2 N–H and O–H groups in total. The van der Waals surface area contributed by atoms with Crippen molar-refractivity contribution in [3.8, 4) is 11.3 Å². The molecule has 0 spiro atoms. The number of thiazole rings is 1. The monoisotopic (exact) mass is 310 g/mol. The van der Waals surface area contributed by atoms with Crippen molar-refractivity contribution in [1.29, 1.82) is 0 Å². The Morgan fingerprint density at radius 1 is 1.29 bits per heavy atom. The van der Waals surface area contributed by atoms with Gasteiger partial charge < -0.3 is 5.73 Å². The van der Waals surface area contributed by atoms with Crippen molar-refractivity contribution in [2.24, 2.45) is 5.73 Å². The number of rotatable bonds is 3. The van der Waals surface area contributed by atoms with Gasteiger partial charge in [-0.2, -0.15) is 0 Å². The largest absolute Gasteiger partial charge is 0.330 e. The Morgan fingerprint density at radius 2 is 2.06 bits per heavy atom. The van der Waals surface area contributed by atoms with Crippen molar-refractivity contribution >= 4 is 27.3 Å².